The van der Waals surface area contributed by atoms with Crippen LogP contribution in [-0.4, -0.2) is 39.0 Å². The van der Waals surface area contributed by atoms with E-state index in [1.165, 1.54) is 6.07 Å². The van der Waals surface area contributed by atoms with Gasteiger partial charge in [0.1, 0.15) is 0 Å². The molecule has 0 radical (unpaired) electrons. The van der Waals surface area contributed by atoms with E-state index in [9.17, 15) is 13.2 Å². The summed E-state index contributed by atoms with van der Waals surface area (Å²) in [5.74, 6) is -0.199. The van der Waals surface area contributed by atoms with Crippen LogP contribution in [0.3, 0.4) is 0 Å². The van der Waals surface area contributed by atoms with Gasteiger partial charge in [-0.25, -0.2) is 13.1 Å². The number of halogens is 1. The highest BCUT2D eigenvalue weighted by molar-refractivity contribution is 7.89. The largest absolute Gasteiger partial charge is 0.349 e. The maximum Gasteiger partial charge on any atom is 0.251 e. The molecule has 1 saturated heterocycles. The lowest BCUT2D eigenvalue weighted by molar-refractivity contribution is 0.0925. The van der Waals surface area contributed by atoms with Crippen molar-refractivity contribution in [3.8, 4) is 0 Å². The van der Waals surface area contributed by atoms with Crippen LogP contribution < -0.4 is 15.4 Å². The number of hydrogen-bond donors (Lipinski definition) is 3. The van der Waals surface area contributed by atoms with E-state index >= 15 is 0 Å². The molecular formula is C17H26ClN3O3S. The van der Waals surface area contributed by atoms with Gasteiger partial charge in [0, 0.05) is 23.7 Å². The van der Waals surface area contributed by atoms with Crippen LogP contribution in [0.25, 0.3) is 0 Å². The molecule has 1 saturated carbocycles. The second-order valence-corrected chi connectivity index (χ2v) is 8.64. The van der Waals surface area contributed by atoms with Gasteiger partial charge in [0.15, 0.2) is 0 Å². The van der Waals surface area contributed by atoms with Gasteiger partial charge in [0.25, 0.3) is 5.91 Å². The highest BCUT2D eigenvalue weighted by atomic mass is 35.5. The molecule has 2 atom stereocenters. The van der Waals surface area contributed by atoms with Gasteiger partial charge in [0.05, 0.1) is 4.90 Å². The number of carbonyl (C=O) groups excluding carboxylic acids is 1. The minimum atomic E-state index is -3.55. The average Bonchev–Trinajstić information content (AvgIpc) is 3.30. The molecule has 3 rings (SSSR count). The zero-order valence-electron chi connectivity index (χ0n) is 14.5. The Kier molecular flexibility index (Phi) is 6.48. The number of sulfonamides is 1. The number of piperidine rings is 1. The normalized spacial score (nSPS) is 23.6. The summed E-state index contributed by atoms with van der Waals surface area (Å²) < 4.78 is 27.4. The molecule has 1 amide bonds. The van der Waals surface area contributed by atoms with Crippen molar-refractivity contribution >= 4 is 28.3 Å². The summed E-state index contributed by atoms with van der Waals surface area (Å²) in [6.45, 7) is 4.80. The summed E-state index contributed by atoms with van der Waals surface area (Å²) in [6.07, 6.45) is 3.53. The Labute approximate surface area is 155 Å². The van der Waals surface area contributed by atoms with E-state index < -0.39 is 10.0 Å². The molecule has 0 aromatic heterocycles. The third-order valence-corrected chi connectivity index (χ3v) is 6.14. The van der Waals surface area contributed by atoms with E-state index in [0.717, 1.165) is 37.8 Å². The van der Waals surface area contributed by atoms with Gasteiger partial charge in [-0.05, 0) is 63.8 Å². The van der Waals surface area contributed by atoms with Crippen LogP contribution in [-0.2, 0) is 10.0 Å². The summed E-state index contributed by atoms with van der Waals surface area (Å²) in [7, 11) is -3.55. The summed E-state index contributed by atoms with van der Waals surface area (Å²) in [4.78, 5) is 12.8. The molecule has 140 valence electrons. The molecule has 1 aromatic carbocycles. The van der Waals surface area contributed by atoms with E-state index in [1.807, 2.05) is 6.92 Å². The summed E-state index contributed by atoms with van der Waals surface area (Å²) in [5.41, 5.74) is 1.21. The summed E-state index contributed by atoms with van der Waals surface area (Å²) in [6, 6.07) is 5.28. The fourth-order valence-corrected chi connectivity index (χ4v) is 4.36. The third-order valence-electron chi connectivity index (χ3n) is 4.62. The SMILES string of the molecule is Cc1ccc(S(=O)(=O)NC2CC2)cc1C(=O)NC1CCNC(C)C1.Cl. The van der Waals surface area contributed by atoms with Gasteiger partial charge in [0.2, 0.25) is 10.0 Å². The van der Waals surface area contributed by atoms with Crippen molar-refractivity contribution in [1.29, 1.82) is 0 Å². The first-order valence-corrected chi connectivity index (χ1v) is 10.0. The number of amides is 1. The number of aryl methyl sites for hydroxylation is 1. The Morgan fingerprint density at radius 1 is 1.20 bits per heavy atom. The molecule has 0 spiro atoms. The van der Waals surface area contributed by atoms with Crippen molar-refractivity contribution in [1.82, 2.24) is 15.4 Å². The first-order valence-electron chi connectivity index (χ1n) is 8.52. The Hall–Kier alpha value is -1.15. The number of nitrogens with one attached hydrogen (secondary N) is 3. The smallest absolute Gasteiger partial charge is 0.251 e. The number of hydrogen-bond acceptors (Lipinski definition) is 4. The molecule has 1 heterocycles. The molecule has 25 heavy (non-hydrogen) atoms. The molecule has 1 aliphatic carbocycles. The predicted molar refractivity (Wildman–Crippen MR) is 99.7 cm³/mol. The molecule has 1 aromatic rings. The number of rotatable bonds is 5. The maximum atomic E-state index is 12.6. The van der Waals surface area contributed by atoms with Crippen LogP contribution in [0.15, 0.2) is 23.1 Å². The van der Waals surface area contributed by atoms with Crippen molar-refractivity contribution in [2.24, 2.45) is 0 Å². The van der Waals surface area contributed by atoms with Gasteiger partial charge >= 0.3 is 0 Å². The molecule has 1 aliphatic heterocycles. The maximum absolute atomic E-state index is 12.6. The van der Waals surface area contributed by atoms with Crippen molar-refractivity contribution in [2.45, 2.75) is 62.6 Å². The Morgan fingerprint density at radius 2 is 1.92 bits per heavy atom. The highest BCUT2D eigenvalue weighted by Crippen LogP contribution is 2.23. The predicted octanol–water partition coefficient (Wildman–Crippen LogP) is 1.73. The van der Waals surface area contributed by atoms with Crippen LogP contribution in [0, 0.1) is 6.92 Å². The van der Waals surface area contributed by atoms with Gasteiger partial charge in [-0.2, -0.15) is 0 Å². The van der Waals surface area contributed by atoms with E-state index in [4.69, 9.17) is 0 Å². The van der Waals surface area contributed by atoms with E-state index in [1.54, 1.807) is 12.1 Å². The fraction of sp³-hybridized carbons (Fsp3) is 0.588. The van der Waals surface area contributed by atoms with Crippen molar-refractivity contribution in [2.75, 3.05) is 6.54 Å². The molecule has 2 unspecified atom stereocenters. The lowest BCUT2D eigenvalue weighted by Gasteiger charge is -2.28. The van der Waals surface area contributed by atoms with E-state index in [-0.39, 0.29) is 35.3 Å². The van der Waals surface area contributed by atoms with Crippen molar-refractivity contribution < 1.29 is 13.2 Å². The molecular weight excluding hydrogens is 362 g/mol. The first kappa shape index (κ1) is 20.2. The van der Waals surface area contributed by atoms with Gasteiger partial charge < -0.3 is 10.6 Å². The van der Waals surface area contributed by atoms with Crippen LogP contribution in [0.2, 0.25) is 0 Å². The number of carbonyl (C=O) groups is 1. The molecule has 2 fully saturated rings. The second kappa shape index (κ2) is 8.03. The molecule has 0 bridgehead atoms. The lowest BCUT2D eigenvalue weighted by Crippen LogP contribution is -2.46. The standard InChI is InChI=1S/C17H25N3O3S.ClH/c1-11-3-6-15(24(22,23)20-13-4-5-13)10-16(11)17(21)19-14-7-8-18-12(2)9-14;/h3,6,10,12-14,18,20H,4-5,7-9H2,1-2H3,(H,19,21);1H. The lowest BCUT2D eigenvalue weighted by atomic mass is 9.99. The minimum absolute atomic E-state index is 0. The molecule has 2 aliphatic rings. The summed E-state index contributed by atoms with van der Waals surface area (Å²) in [5, 5.41) is 6.39. The topological polar surface area (TPSA) is 87.3 Å². The van der Waals surface area contributed by atoms with Crippen molar-refractivity contribution in [3.63, 3.8) is 0 Å². The van der Waals surface area contributed by atoms with Gasteiger partial charge in [-0.15, -0.1) is 12.4 Å². The zero-order chi connectivity index (χ0) is 17.3. The van der Waals surface area contributed by atoms with E-state index in [2.05, 4.69) is 22.3 Å². The Bertz CT molecular complexity index is 735. The molecule has 6 nitrogen and oxygen atoms in total. The van der Waals surface area contributed by atoms with Crippen LogP contribution in [0.4, 0.5) is 0 Å². The monoisotopic (exact) mass is 387 g/mol. The average molecular weight is 388 g/mol. The Balaban J connectivity index is 0.00000225. The molecule has 8 heteroatoms. The Morgan fingerprint density at radius 3 is 2.56 bits per heavy atom. The zero-order valence-corrected chi connectivity index (χ0v) is 16.2. The second-order valence-electron chi connectivity index (χ2n) is 6.92. The first-order chi connectivity index (χ1) is 11.3. The van der Waals surface area contributed by atoms with Crippen LogP contribution in [0.5, 0.6) is 0 Å². The van der Waals surface area contributed by atoms with E-state index in [0.29, 0.717) is 11.6 Å². The quantitative estimate of drug-likeness (QED) is 0.718. The van der Waals surface area contributed by atoms with Crippen LogP contribution >= 0.6 is 12.4 Å². The van der Waals surface area contributed by atoms with Crippen LogP contribution in [0.1, 0.15) is 48.5 Å². The summed E-state index contributed by atoms with van der Waals surface area (Å²) >= 11 is 0. The van der Waals surface area contributed by atoms with Gasteiger partial charge in [-0.3, -0.25) is 4.79 Å². The highest BCUT2D eigenvalue weighted by Gasteiger charge is 2.29. The third kappa shape index (κ3) is 5.17. The minimum Gasteiger partial charge on any atom is -0.349 e. The number of benzene rings is 1. The van der Waals surface area contributed by atoms with Gasteiger partial charge in [-0.1, -0.05) is 6.07 Å². The van der Waals surface area contributed by atoms with Crippen molar-refractivity contribution in [3.05, 3.63) is 29.3 Å². The fourth-order valence-electron chi connectivity index (χ4n) is 3.03. The molecule has 3 N–H and O–H groups in total.